The first kappa shape index (κ1) is 13.3. The molecule has 0 radical (unpaired) electrons. The molecule has 4 heteroatoms. The summed E-state index contributed by atoms with van der Waals surface area (Å²) in [4.78, 5) is 7.56. The first-order valence-electron chi connectivity index (χ1n) is 5.82. The number of aromatic nitrogens is 2. The Labute approximate surface area is 102 Å². The molecule has 0 atom stereocenters. The van der Waals surface area contributed by atoms with Crippen LogP contribution in [0, 0.1) is 0 Å². The van der Waals surface area contributed by atoms with Crippen LogP contribution in [0.15, 0.2) is 12.7 Å². The Hall–Kier alpha value is -0.800. The van der Waals surface area contributed by atoms with E-state index in [0.717, 1.165) is 43.9 Å². The Bertz CT molecular complexity index is 320. The second kappa shape index (κ2) is 7.47. The zero-order chi connectivity index (χ0) is 11.8. The van der Waals surface area contributed by atoms with Gasteiger partial charge in [-0.25, -0.2) is 4.98 Å². The number of aromatic amines is 1. The van der Waals surface area contributed by atoms with E-state index in [0.29, 0.717) is 5.15 Å². The van der Waals surface area contributed by atoms with Crippen LogP contribution in [0.4, 0.5) is 0 Å². The van der Waals surface area contributed by atoms with E-state index in [1.165, 1.54) is 6.42 Å². The molecule has 3 nitrogen and oxygen atoms in total. The fraction of sp³-hybridized carbons (Fsp3) is 0.583. The van der Waals surface area contributed by atoms with Gasteiger partial charge in [0.15, 0.2) is 5.15 Å². The second-order valence-electron chi connectivity index (χ2n) is 3.81. The summed E-state index contributed by atoms with van der Waals surface area (Å²) in [6.07, 6.45) is 6.16. The first-order chi connectivity index (χ1) is 7.77. The fourth-order valence-corrected chi connectivity index (χ4v) is 1.65. The maximum Gasteiger partial charge on any atom is 0.151 e. The highest BCUT2D eigenvalue weighted by Gasteiger charge is 2.06. The molecule has 0 amide bonds. The lowest BCUT2D eigenvalue weighted by Crippen LogP contribution is -2.14. The molecule has 1 aromatic rings. The molecule has 0 saturated heterocycles. The average Bonchev–Trinajstić information content (AvgIpc) is 2.63. The maximum atomic E-state index is 6.03. The van der Waals surface area contributed by atoms with E-state index in [2.05, 4.69) is 28.8 Å². The van der Waals surface area contributed by atoms with Crippen molar-refractivity contribution in [2.75, 3.05) is 6.54 Å². The Balaban J connectivity index is 2.40. The summed E-state index contributed by atoms with van der Waals surface area (Å²) >= 11 is 6.03. The summed E-state index contributed by atoms with van der Waals surface area (Å²) in [5.41, 5.74) is 0.983. The number of imidazole rings is 1. The van der Waals surface area contributed by atoms with E-state index in [-0.39, 0.29) is 0 Å². The molecule has 90 valence electrons. The van der Waals surface area contributed by atoms with Crippen molar-refractivity contribution in [2.45, 2.75) is 39.2 Å². The molecule has 2 N–H and O–H groups in total. The number of hydrogen-bond acceptors (Lipinski definition) is 2. The first-order valence-corrected chi connectivity index (χ1v) is 6.20. The summed E-state index contributed by atoms with van der Waals surface area (Å²) in [6, 6.07) is 0. The minimum atomic E-state index is 0.595. The Morgan fingerprint density at radius 2 is 2.38 bits per heavy atom. The van der Waals surface area contributed by atoms with Gasteiger partial charge >= 0.3 is 0 Å². The van der Waals surface area contributed by atoms with Crippen molar-refractivity contribution in [3.05, 3.63) is 29.3 Å². The van der Waals surface area contributed by atoms with Gasteiger partial charge in [0.1, 0.15) is 5.82 Å². The number of halogens is 1. The van der Waals surface area contributed by atoms with Crippen molar-refractivity contribution in [1.29, 1.82) is 0 Å². The molecule has 16 heavy (non-hydrogen) atoms. The average molecular weight is 242 g/mol. The van der Waals surface area contributed by atoms with Crippen LogP contribution in [-0.2, 0) is 13.0 Å². The van der Waals surface area contributed by atoms with E-state index in [1.807, 2.05) is 6.08 Å². The molecular formula is C12H20ClN3. The lowest BCUT2D eigenvalue weighted by Gasteiger charge is -2.00. The van der Waals surface area contributed by atoms with Crippen molar-refractivity contribution < 1.29 is 0 Å². The van der Waals surface area contributed by atoms with Crippen LogP contribution in [0.5, 0.6) is 0 Å². The molecule has 1 rings (SSSR count). The monoisotopic (exact) mass is 241 g/mol. The molecule has 0 spiro atoms. The summed E-state index contributed by atoms with van der Waals surface area (Å²) in [7, 11) is 0. The smallest absolute Gasteiger partial charge is 0.151 e. The number of nitrogens with one attached hydrogen (secondary N) is 2. The van der Waals surface area contributed by atoms with E-state index < -0.39 is 0 Å². The Morgan fingerprint density at radius 1 is 1.56 bits per heavy atom. The predicted octanol–water partition coefficient (Wildman–Crippen LogP) is 3.07. The predicted molar refractivity (Wildman–Crippen MR) is 68.7 cm³/mol. The Morgan fingerprint density at radius 3 is 3.06 bits per heavy atom. The molecule has 0 unspecified atom stereocenters. The van der Waals surface area contributed by atoms with Gasteiger partial charge in [-0.2, -0.15) is 0 Å². The van der Waals surface area contributed by atoms with Gasteiger partial charge in [0.2, 0.25) is 0 Å². The number of H-pyrrole nitrogens is 1. The summed E-state index contributed by atoms with van der Waals surface area (Å²) in [6.45, 7) is 7.51. The third kappa shape index (κ3) is 4.37. The van der Waals surface area contributed by atoms with Crippen LogP contribution in [0.25, 0.3) is 0 Å². The van der Waals surface area contributed by atoms with Gasteiger partial charge in [-0.15, -0.1) is 6.58 Å². The van der Waals surface area contributed by atoms with Crippen molar-refractivity contribution in [3.8, 4) is 0 Å². The van der Waals surface area contributed by atoms with Gasteiger partial charge in [0.25, 0.3) is 0 Å². The van der Waals surface area contributed by atoms with E-state index in [4.69, 9.17) is 11.6 Å². The largest absolute Gasteiger partial charge is 0.344 e. The highest BCUT2D eigenvalue weighted by Crippen LogP contribution is 2.13. The quantitative estimate of drug-likeness (QED) is 0.543. The SMILES string of the molecule is C=CCCNCc1[nH]c(CCCC)nc1Cl. The van der Waals surface area contributed by atoms with E-state index >= 15 is 0 Å². The van der Waals surface area contributed by atoms with Crippen LogP contribution in [0.3, 0.4) is 0 Å². The van der Waals surface area contributed by atoms with Gasteiger partial charge in [-0.1, -0.05) is 31.0 Å². The number of unbranched alkanes of at least 4 members (excludes halogenated alkanes) is 1. The highest BCUT2D eigenvalue weighted by molar-refractivity contribution is 6.30. The normalized spacial score (nSPS) is 10.6. The van der Waals surface area contributed by atoms with Crippen LogP contribution in [0.1, 0.15) is 37.7 Å². The van der Waals surface area contributed by atoms with Crippen molar-refractivity contribution in [1.82, 2.24) is 15.3 Å². The molecule has 0 aliphatic carbocycles. The number of rotatable bonds is 8. The summed E-state index contributed by atoms with van der Waals surface area (Å²) in [5, 5.41) is 3.88. The van der Waals surface area contributed by atoms with E-state index in [9.17, 15) is 0 Å². The highest BCUT2D eigenvalue weighted by atomic mass is 35.5. The van der Waals surface area contributed by atoms with Gasteiger partial charge < -0.3 is 10.3 Å². The van der Waals surface area contributed by atoms with Gasteiger partial charge in [-0.3, -0.25) is 0 Å². The third-order valence-electron chi connectivity index (χ3n) is 2.37. The third-order valence-corrected chi connectivity index (χ3v) is 2.68. The standard InChI is InChI=1S/C12H20ClN3/c1-3-5-7-11-15-10(12(13)16-11)9-14-8-6-4-2/h4,14H,2-3,5-9H2,1H3,(H,15,16). The zero-order valence-corrected chi connectivity index (χ0v) is 10.6. The van der Waals surface area contributed by atoms with Crippen LogP contribution in [0.2, 0.25) is 5.15 Å². The molecule has 1 aromatic heterocycles. The number of nitrogens with zero attached hydrogens (tertiary/aromatic N) is 1. The molecule has 0 bridgehead atoms. The molecule has 1 heterocycles. The lowest BCUT2D eigenvalue weighted by molar-refractivity contribution is 0.682. The van der Waals surface area contributed by atoms with Crippen LogP contribution >= 0.6 is 11.6 Å². The summed E-state index contributed by atoms with van der Waals surface area (Å²) in [5.74, 6) is 0.993. The van der Waals surface area contributed by atoms with Crippen molar-refractivity contribution in [2.24, 2.45) is 0 Å². The number of hydrogen-bond donors (Lipinski definition) is 2. The summed E-state index contributed by atoms with van der Waals surface area (Å²) < 4.78 is 0. The maximum absolute atomic E-state index is 6.03. The topological polar surface area (TPSA) is 40.7 Å². The van der Waals surface area contributed by atoms with E-state index in [1.54, 1.807) is 0 Å². The lowest BCUT2D eigenvalue weighted by atomic mass is 10.2. The van der Waals surface area contributed by atoms with Crippen LogP contribution < -0.4 is 5.32 Å². The minimum absolute atomic E-state index is 0.595. The number of aryl methyl sites for hydroxylation is 1. The minimum Gasteiger partial charge on any atom is -0.344 e. The Kier molecular flexibility index (Phi) is 6.19. The van der Waals surface area contributed by atoms with Crippen LogP contribution in [-0.4, -0.2) is 16.5 Å². The molecule has 0 aromatic carbocycles. The van der Waals surface area contributed by atoms with Gasteiger partial charge in [0.05, 0.1) is 5.69 Å². The molecule has 0 aliphatic rings. The second-order valence-corrected chi connectivity index (χ2v) is 4.17. The van der Waals surface area contributed by atoms with Crippen molar-refractivity contribution >= 4 is 11.6 Å². The van der Waals surface area contributed by atoms with Crippen molar-refractivity contribution in [3.63, 3.8) is 0 Å². The molecular weight excluding hydrogens is 222 g/mol. The molecule has 0 saturated carbocycles. The van der Waals surface area contributed by atoms with Gasteiger partial charge in [-0.05, 0) is 19.4 Å². The molecule has 0 aliphatic heterocycles. The zero-order valence-electron chi connectivity index (χ0n) is 9.85. The molecule has 0 fully saturated rings. The fourth-order valence-electron chi connectivity index (χ4n) is 1.44. The van der Waals surface area contributed by atoms with Gasteiger partial charge in [0, 0.05) is 13.0 Å².